The molecule has 3 rings (SSSR count). The molecule has 0 unspecified atom stereocenters. The first kappa shape index (κ1) is 22.2. The highest BCUT2D eigenvalue weighted by molar-refractivity contribution is 5.97. The minimum atomic E-state index is -0.642. The summed E-state index contributed by atoms with van der Waals surface area (Å²) >= 11 is 0. The van der Waals surface area contributed by atoms with E-state index in [1.807, 2.05) is 12.1 Å². The first-order chi connectivity index (χ1) is 14.5. The summed E-state index contributed by atoms with van der Waals surface area (Å²) in [6, 6.07) is 6.74. The number of hydrogen-bond donors (Lipinski definition) is 3. The predicted molar refractivity (Wildman–Crippen MR) is 110 cm³/mol. The van der Waals surface area contributed by atoms with Crippen LogP contribution in [-0.4, -0.2) is 56.9 Å². The minimum absolute atomic E-state index is 0.0758. The van der Waals surface area contributed by atoms with Crippen molar-refractivity contribution in [3.63, 3.8) is 0 Å². The molecule has 1 saturated carbocycles. The number of benzene rings is 1. The van der Waals surface area contributed by atoms with Crippen molar-refractivity contribution in [2.45, 2.75) is 45.2 Å². The van der Waals surface area contributed by atoms with Crippen LogP contribution in [0.15, 0.2) is 24.3 Å². The molecule has 2 aliphatic rings. The Hall–Kier alpha value is -2.45. The van der Waals surface area contributed by atoms with Crippen molar-refractivity contribution in [2.75, 3.05) is 32.9 Å². The van der Waals surface area contributed by atoms with Crippen molar-refractivity contribution in [1.29, 1.82) is 0 Å². The van der Waals surface area contributed by atoms with Gasteiger partial charge in [-0.05, 0) is 30.9 Å². The molecule has 1 aromatic rings. The molecule has 1 aromatic carbocycles. The van der Waals surface area contributed by atoms with Crippen molar-refractivity contribution in [1.82, 2.24) is 10.6 Å². The molecule has 3 N–H and O–H groups in total. The third-order valence-corrected chi connectivity index (χ3v) is 5.86. The molecule has 0 spiro atoms. The Morgan fingerprint density at radius 2 is 1.80 bits per heavy atom. The molecule has 1 heterocycles. The van der Waals surface area contributed by atoms with Gasteiger partial charge in [-0.25, -0.2) is 9.59 Å². The third-order valence-electron chi connectivity index (χ3n) is 5.86. The third kappa shape index (κ3) is 6.81. The highest BCUT2D eigenvalue weighted by atomic mass is 16.5. The molecule has 30 heavy (non-hydrogen) atoms. The molecule has 2 fully saturated rings. The fraction of sp³-hybridized carbons (Fsp3) is 0.591. The van der Waals surface area contributed by atoms with Crippen LogP contribution in [-0.2, 0) is 20.8 Å². The van der Waals surface area contributed by atoms with E-state index in [1.165, 1.54) is 11.3 Å². The van der Waals surface area contributed by atoms with Gasteiger partial charge in [0, 0.05) is 11.6 Å². The van der Waals surface area contributed by atoms with Gasteiger partial charge in [-0.2, -0.15) is 0 Å². The summed E-state index contributed by atoms with van der Waals surface area (Å²) in [7, 11) is 0. The van der Waals surface area contributed by atoms with E-state index in [0.29, 0.717) is 11.5 Å². The maximum atomic E-state index is 12.2. The number of quaternary nitrogens is 1. The molecule has 2 atom stereocenters. The molecule has 1 aliphatic heterocycles. The second-order valence-electron chi connectivity index (χ2n) is 8.20. The van der Waals surface area contributed by atoms with Crippen molar-refractivity contribution in [3.8, 4) is 0 Å². The molecule has 1 aliphatic carbocycles. The lowest BCUT2D eigenvalue weighted by Gasteiger charge is -2.29. The number of amides is 3. The zero-order chi connectivity index (χ0) is 21.3. The number of carbonyl (C=O) groups is 3. The van der Waals surface area contributed by atoms with Crippen LogP contribution in [0.25, 0.3) is 0 Å². The molecular weight excluding hydrogens is 386 g/mol. The van der Waals surface area contributed by atoms with E-state index in [9.17, 15) is 14.4 Å². The first-order valence-electron chi connectivity index (χ1n) is 10.8. The Labute approximate surface area is 177 Å². The van der Waals surface area contributed by atoms with E-state index in [4.69, 9.17) is 9.47 Å². The van der Waals surface area contributed by atoms with Gasteiger partial charge in [0.15, 0.2) is 6.61 Å². The van der Waals surface area contributed by atoms with Crippen molar-refractivity contribution >= 4 is 17.9 Å². The minimum Gasteiger partial charge on any atom is -0.452 e. The fourth-order valence-corrected chi connectivity index (χ4v) is 4.00. The van der Waals surface area contributed by atoms with Crippen LogP contribution in [0.2, 0.25) is 0 Å². The molecule has 0 bridgehead atoms. The SMILES string of the molecule is C[C@@H]1CCCC[C@@H]1NC(=O)NC(=O)COC(=O)c1ccc(C[NH+]2CCOCC2)cc1. The number of esters is 1. The maximum absolute atomic E-state index is 12.2. The van der Waals surface area contributed by atoms with E-state index >= 15 is 0 Å². The van der Waals surface area contributed by atoms with Gasteiger partial charge in [-0.3, -0.25) is 10.1 Å². The lowest BCUT2D eigenvalue weighted by molar-refractivity contribution is -0.921. The van der Waals surface area contributed by atoms with Gasteiger partial charge < -0.3 is 19.7 Å². The van der Waals surface area contributed by atoms with Crippen LogP contribution in [0.4, 0.5) is 4.79 Å². The summed E-state index contributed by atoms with van der Waals surface area (Å²) in [6.45, 7) is 6.00. The quantitative estimate of drug-likeness (QED) is 0.590. The Bertz CT molecular complexity index is 731. The standard InChI is InChI=1S/C22H31N3O5/c1-16-4-2-3-5-19(16)23-22(28)24-20(26)15-30-21(27)18-8-6-17(7-9-18)14-25-10-12-29-13-11-25/h6-9,16,19H,2-5,10-15H2,1H3,(H2,23,24,26,28)/p+1/t16-,19+/m1/s1. The summed E-state index contributed by atoms with van der Waals surface area (Å²) < 4.78 is 10.4. The average Bonchev–Trinajstić information content (AvgIpc) is 2.75. The zero-order valence-electron chi connectivity index (χ0n) is 17.6. The Balaban J connectivity index is 1.38. The number of nitrogens with one attached hydrogen (secondary N) is 3. The molecule has 8 heteroatoms. The number of ether oxygens (including phenoxy) is 2. The number of morpholine rings is 1. The summed E-state index contributed by atoms with van der Waals surface area (Å²) in [6.07, 6.45) is 4.24. The fourth-order valence-electron chi connectivity index (χ4n) is 4.00. The first-order valence-corrected chi connectivity index (χ1v) is 10.8. The van der Waals surface area contributed by atoms with Gasteiger partial charge in [0.25, 0.3) is 5.91 Å². The van der Waals surface area contributed by atoms with Gasteiger partial charge >= 0.3 is 12.0 Å². The van der Waals surface area contributed by atoms with Gasteiger partial charge in [0.1, 0.15) is 19.6 Å². The van der Waals surface area contributed by atoms with Gasteiger partial charge in [0.2, 0.25) is 0 Å². The number of hydrogen-bond acceptors (Lipinski definition) is 5. The van der Waals surface area contributed by atoms with Crippen molar-refractivity contribution in [2.24, 2.45) is 5.92 Å². The van der Waals surface area contributed by atoms with E-state index in [0.717, 1.165) is 57.7 Å². The zero-order valence-corrected chi connectivity index (χ0v) is 17.6. The Morgan fingerprint density at radius 3 is 2.50 bits per heavy atom. The second kappa shape index (κ2) is 11.1. The highest BCUT2D eigenvalue weighted by Crippen LogP contribution is 2.23. The summed E-state index contributed by atoms with van der Waals surface area (Å²) in [5.41, 5.74) is 1.51. The van der Waals surface area contributed by atoms with Gasteiger partial charge in [0.05, 0.1) is 18.8 Å². The predicted octanol–water partition coefficient (Wildman–Crippen LogP) is 0.663. The molecule has 8 nitrogen and oxygen atoms in total. The number of imide groups is 1. The van der Waals surface area contributed by atoms with Crippen molar-refractivity contribution < 1.29 is 28.8 Å². The molecule has 0 radical (unpaired) electrons. The molecular formula is C22H32N3O5+. The van der Waals surface area contributed by atoms with Crippen LogP contribution in [0, 0.1) is 5.92 Å². The molecule has 3 amide bonds. The Kier molecular flexibility index (Phi) is 8.21. The molecule has 164 valence electrons. The normalized spacial score (nSPS) is 22.2. The largest absolute Gasteiger partial charge is 0.452 e. The van der Waals surface area contributed by atoms with Crippen LogP contribution in [0.3, 0.4) is 0 Å². The number of carbonyl (C=O) groups excluding carboxylic acids is 3. The lowest BCUT2D eigenvalue weighted by atomic mass is 9.86. The number of rotatable bonds is 6. The maximum Gasteiger partial charge on any atom is 0.338 e. The summed E-state index contributed by atoms with van der Waals surface area (Å²) in [4.78, 5) is 37.5. The smallest absolute Gasteiger partial charge is 0.338 e. The van der Waals surface area contributed by atoms with Crippen LogP contribution in [0.5, 0.6) is 0 Å². The van der Waals surface area contributed by atoms with Gasteiger partial charge in [-0.15, -0.1) is 0 Å². The van der Waals surface area contributed by atoms with Gasteiger partial charge in [-0.1, -0.05) is 31.9 Å². The van der Waals surface area contributed by atoms with E-state index in [-0.39, 0.29) is 6.04 Å². The topological polar surface area (TPSA) is 98.2 Å². The summed E-state index contributed by atoms with van der Waals surface area (Å²) in [5, 5.41) is 5.07. The monoisotopic (exact) mass is 418 g/mol. The second-order valence-corrected chi connectivity index (χ2v) is 8.20. The lowest BCUT2D eigenvalue weighted by Crippen LogP contribution is -3.12. The van der Waals surface area contributed by atoms with Crippen LogP contribution < -0.4 is 15.5 Å². The van der Waals surface area contributed by atoms with E-state index in [2.05, 4.69) is 17.6 Å². The van der Waals surface area contributed by atoms with Crippen LogP contribution in [0.1, 0.15) is 48.5 Å². The van der Waals surface area contributed by atoms with Crippen LogP contribution >= 0.6 is 0 Å². The van der Waals surface area contributed by atoms with E-state index < -0.39 is 24.5 Å². The average molecular weight is 419 g/mol. The molecule has 1 saturated heterocycles. The molecule has 0 aromatic heterocycles. The Morgan fingerprint density at radius 1 is 1.10 bits per heavy atom. The highest BCUT2D eigenvalue weighted by Gasteiger charge is 2.23. The summed E-state index contributed by atoms with van der Waals surface area (Å²) in [5.74, 6) is -0.834. The van der Waals surface area contributed by atoms with E-state index in [1.54, 1.807) is 12.1 Å². The van der Waals surface area contributed by atoms with Crippen molar-refractivity contribution in [3.05, 3.63) is 35.4 Å². The number of urea groups is 1.